The Labute approximate surface area is 93.6 Å². The summed E-state index contributed by atoms with van der Waals surface area (Å²) in [6.45, 7) is 12.9. The van der Waals surface area contributed by atoms with Gasteiger partial charge < -0.3 is 4.90 Å². The monoisotopic (exact) mass is 215 g/mol. The van der Waals surface area contributed by atoms with Crippen molar-refractivity contribution in [3.8, 4) is 0 Å². The molecule has 15 heavy (non-hydrogen) atoms. The van der Waals surface area contributed by atoms with Gasteiger partial charge in [-0.15, -0.1) is 0 Å². The van der Waals surface area contributed by atoms with E-state index >= 15 is 0 Å². The van der Waals surface area contributed by atoms with E-state index in [4.69, 9.17) is 0 Å². The van der Waals surface area contributed by atoms with Crippen LogP contribution in [-0.2, 0) is 0 Å². The minimum absolute atomic E-state index is 0.110. The first-order chi connectivity index (χ1) is 6.91. The van der Waals surface area contributed by atoms with Gasteiger partial charge in [0, 0.05) is 25.2 Å². The second-order valence-corrected chi connectivity index (χ2v) is 4.91. The quantitative estimate of drug-likeness (QED) is 0.608. The fraction of sp³-hybridized carbons (Fsp3) is 1.00. The summed E-state index contributed by atoms with van der Waals surface area (Å²) in [5.74, 6) is 0. The third-order valence-corrected chi connectivity index (χ3v) is 2.70. The molecular formula is C11H25N3O. The Morgan fingerprint density at radius 3 is 2.13 bits per heavy atom. The molecule has 0 heterocycles. The van der Waals surface area contributed by atoms with E-state index in [1.165, 1.54) is 0 Å². The number of nitroso groups, excluding NO2 is 1. The Morgan fingerprint density at radius 1 is 1.13 bits per heavy atom. The average Bonchev–Trinajstić information content (AvgIpc) is 2.15. The molecule has 0 atom stereocenters. The first-order valence-corrected chi connectivity index (χ1v) is 5.64. The van der Waals surface area contributed by atoms with E-state index in [2.05, 4.69) is 49.7 Å². The van der Waals surface area contributed by atoms with Crippen LogP contribution in [0.5, 0.6) is 0 Å². The van der Waals surface area contributed by atoms with Crippen LogP contribution in [0.4, 0.5) is 0 Å². The van der Waals surface area contributed by atoms with Crippen LogP contribution >= 0.6 is 0 Å². The molecule has 0 fully saturated rings. The predicted molar refractivity (Wildman–Crippen MR) is 65.2 cm³/mol. The van der Waals surface area contributed by atoms with Crippen LogP contribution in [0.1, 0.15) is 27.7 Å². The highest BCUT2D eigenvalue weighted by molar-refractivity contribution is 4.77. The SMILES string of the molecule is CCN(C)CCN(CCN=O)C(C)(C)C. The number of hydrogen-bond donors (Lipinski definition) is 0. The molecule has 0 aliphatic heterocycles. The first kappa shape index (κ1) is 14.5. The van der Waals surface area contributed by atoms with Crippen LogP contribution in [-0.4, -0.2) is 55.1 Å². The summed E-state index contributed by atoms with van der Waals surface area (Å²) >= 11 is 0. The van der Waals surface area contributed by atoms with E-state index in [0.717, 1.165) is 26.2 Å². The highest BCUT2D eigenvalue weighted by Gasteiger charge is 2.20. The number of rotatable bonds is 7. The lowest BCUT2D eigenvalue weighted by molar-refractivity contribution is 0.125. The molecular weight excluding hydrogens is 190 g/mol. The number of nitrogens with zero attached hydrogens (tertiary/aromatic N) is 3. The van der Waals surface area contributed by atoms with Gasteiger partial charge in [-0.2, -0.15) is 4.91 Å². The van der Waals surface area contributed by atoms with Crippen molar-refractivity contribution in [3.05, 3.63) is 4.91 Å². The topological polar surface area (TPSA) is 35.9 Å². The molecule has 0 saturated heterocycles. The van der Waals surface area contributed by atoms with Gasteiger partial charge in [0.2, 0.25) is 0 Å². The second kappa shape index (κ2) is 6.90. The van der Waals surface area contributed by atoms with Crippen molar-refractivity contribution in [2.45, 2.75) is 33.2 Å². The fourth-order valence-corrected chi connectivity index (χ4v) is 1.39. The van der Waals surface area contributed by atoms with Gasteiger partial charge in [-0.1, -0.05) is 12.1 Å². The number of hydrogen-bond acceptors (Lipinski definition) is 4. The van der Waals surface area contributed by atoms with E-state index in [-0.39, 0.29) is 5.54 Å². The maximum atomic E-state index is 10.1. The maximum Gasteiger partial charge on any atom is 0.0938 e. The summed E-state index contributed by atoms with van der Waals surface area (Å²) in [6, 6.07) is 0. The minimum atomic E-state index is 0.110. The van der Waals surface area contributed by atoms with Crippen molar-refractivity contribution in [3.63, 3.8) is 0 Å². The van der Waals surface area contributed by atoms with Gasteiger partial charge in [-0.05, 0) is 34.4 Å². The Kier molecular flexibility index (Phi) is 6.68. The molecule has 4 heteroatoms. The van der Waals surface area contributed by atoms with E-state index in [1.54, 1.807) is 0 Å². The van der Waals surface area contributed by atoms with Crippen molar-refractivity contribution in [1.82, 2.24) is 9.80 Å². The van der Waals surface area contributed by atoms with Crippen LogP contribution in [0.2, 0.25) is 0 Å². The molecule has 0 saturated carbocycles. The van der Waals surface area contributed by atoms with Crippen molar-refractivity contribution in [2.75, 3.05) is 39.8 Å². The van der Waals surface area contributed by atoms with Crippen molar-refractivity contribution in [1.29, 1.82) is 0 Å². The molecule has 0 aromatic rings. The smallest absolute Gasteiger partial charge is 0.0938 e. The minimum Gasteiger partial charge on any atom is -0.305 e. The van der Waals surface area contributed by atoms with Crippen LogP contribution in [0.3, 0.4) is 0 Å². The van der Waals surface area contributed by atoms with E-state index in [0.29, 0.717) is 6.54 Å². The van der Waals surface area contributed by atoms with Gasteiger partial charge in [-0.25, -0.2) is 0 Å². The molecule has 0 rings (SSSR count). The standard InChI is InChI=1S/C11H25N3O/c1-6-13(5)9-10-14(8-7-12-15)11(2,3)4/h6-10H2,1-5H3. The molecule has 0 aromatic heterocycles. The lowest BCUT2D eigenvalue weighted by Crippen LogP contribution is -2.46. The van der Waals surface area contributed by atoms with Gasteiger partial charge in [0.15, 0.2) is 0 Å². The second-order valence-electron chi connectivity index (χ2n) is 4.91. The highest BCUT2D eigenvalue weighted by Crippen LogP contribution is 2.12. The van der Waals surface area contributed by atoms with Gasteiger partial charge in [-0.3, -0.25) is 4.90 Å². The summed E-state index contributed by atoms with van der Waals surface area (Å²) in [5, 5.41) is 2.93. The number of likely N-dealkylation sites (N-methyl/N-ethyl adjacent to an activating group) is 1. The van der Waals surface area contributed by atoms with Crippen LogP contribution in [0.25, 0.3) is 0 Å². The third kappa shape index (κ3) is 6.57. The van der Waals surface area contributed by atoms with Gasteiger partial charge >= 0.3 is 0 Å². The molecule has 0 radical (unpaired) electrons. The molecule has 0 unspecified atom stereocenters. The highest BCUT2D eigenvalue weighted by atomic mass is 16.3. The Hall–Kier alpha value is -0.480. The van der Waals surface area contributed by atoms with Gasteiger partial charge in [0.25, 0.3) is 0 Å². The van der Waals surface area contributed by atoms with Crippen molar-refractivity contribution < 1.29 is 0 Å². The molecule has 4 nitrogen and oxygen atoms in total. The molecule has 90 valence electrons. The zero-order chi connectivity index (χ0) is 11.9. The van der Waals surface area contributed by atoms with Crippen LogP contribution in [0.15, 0.2) is 5.18 Å². The predicted octanol–water partition coefficient (Wildman–Crippen LogP) is 1.80. The summed E-state index contributed by atoms with van der Waals surface area (Å²) in [5.41, 5.74) is 0.110. The maximum absolute atomic E-state index is 10.1. The van der Waals surface area contributed by atoms with Gasteiger partial charge in [0.1, 0.15) is 0 Å². The Balaban J connectivity index is 4.07. The third-order valence-electron chi connectivity index (χ3n) is 2.70. The van der Waals surface area contributed by atoms with E-state index < -0.39 is 0 Å². The van der Waals surface area contributed by atoms with Crippen LogP contribution < -0.4 is 0 Å². The largest absolute Gasteiger partial charge is 0.305 e. The molecule has 0 spiro atoms. The summed E-state index contributed by atoms with van der Waals surface area (Å²) < 4.78 is 0. The fourth-order valence-electron chi connectivity index (χ4n) is 1.39. The van der Waals surface area contributed by atoms with Crippen molar-refractivity contribution >= 4 is 0 Å². The molecule has 0 bridgehead atoms. The summed E-state index contributed by atoms with van der Waals surface area (Å²) in [6.07, 6.45) is 0. The van der Waals surface area contributed by atoms with Crippen molar-refractivity contribution in [2.24, 2.45) is 5.18 Å². The summed E-state index contributed by atoms with van der Waals surface area (Å²) in [7, 11) is 2.11. The zero-order valence-electron chi connectivity index (χ0n) is 10.8. The lowest BCUT2D eigenvalue weighted by Gasteiger charge is -2.36. The van der Waals surface area contributed by atoms with Gasteiger partial charge in [0.05, 0.1) is 6.54 Å². The van der Waals surface area contributed by atoms with E-state index in [1.807, 2.05) is 0 Å². The normalized spacial score (nSPS) is 12.5. The Morgan fingerprint density at radius 2 is 1.73 bits per heavy atom. The van der Waals surface area contributed by atoms with Crippen LogP contribution in [0, 0.1) is 4.91 Å². The summed E-state index contributed by atoms with van der Waals surface area (Å²) in [4.78, 5) is 14.7. The molecule has 0 aliphatic rings. The Bertz CT molecular complexity index is 177. The first-order valence-electron chi connectivity index (χ1n) is 5.64. The molecule has 0 aromatic carbocycles. The van der Waals surface area contributed by atoms with E-state index in [9.17, 15) is 4.91 Å². The molecule has 0 amide bonds. The molecule has 0 N–H and O–H groups in total. The zero-order valence-corrected chi connectivity index (χ0v) is 10.8. The molecule has 0 aliphatic carbocycles. The average molecular weight is 215 g/mol. The lowest BCUT2D eigenvalue weighted by atomic mass is 10.1.